The van der Waals surface area contributed by atoms with E-state index in [-0.39, 0.29) is 18.1 Å². The van der Waals surface area contributed by atoms with Crippen molar-refractivity contribution in [3.8, 4) is 5.75 Å². The van der Waals surface area contributed by atoms with E-state index in [2.05, 4.69) is 20.7 Å². The molecule has 1 heterocycles. The first-order valence-electron chi connectivity index (χ1n) is 8.54. The van der Waals surface area contributed by atoms with Crippen molar-refractivity contribution in [2.75, 3.05) is 10.6 Å². The van der Waals surface area contributed by atoms with Crippen LogP contribution in [-0.2, 0) is 6.54 Å². The molecule has 3 N–H and O–H groups in total. The van der Waals surface area contributed by atoms with E-state index in [0.717, 1.165) is 0 Å². The first-order valence-corrected chi connectivity index (χ1v) is 8.54. The van der Waals surface area contributed by atoms with Crippen molar-refractivity contribution in [1.82, 2.24) is 5.32 Å². The van der Waals surface area contributed by atoms with E-state index in [1.165, 1.54) is 12.3 Å². The molecule has 3 amide bonds. The third kappa shape index (κ3) is 5.80. The molecule has 0 unspecified atom stereocenters. The number of rotatable bonds is 7. The second-order valence-electron chi connectivity index (χ2n) is 5.80. The minimum Gasteiger partial charge on any atom is -0.459 e. The fourth-order valence-electron chi connectivity index (χ4n) is 2.45. The second kappa shape index (κ2) is 9.36. The monoisotopic (exact) mass is 401 g/mol. The molecule has 2 aromatic carbocycles. The van der Waals surface area contributed by atoms with Crippen molar-refractivity contribution in [2.45, 2.75) is 13.2 Å². The number of furan rings is 1. The molecule has 0 radical (unpaired) electrons. The number of hydrogen-bond acceptors (Lipinski definition) is 4. The molecule has 3 rings (SSSR count). The van der Waals surface area contributed by atoms with Crippen molar-refractivity contribution in [3.63, 3.8) is 0 Å². The van der Waals surface area contributed by atoms with Crippen LogP contribution in [0.15, 0.2) is 71.3 Å². The Morgan fingerprint density at radius 3 is 2.28 bits per heavy atom. The van der Waals surface area contributed by atoms with Gasteiger partial charge in [-0.15, -0.1) is 0 Å². The number of para-hydroxylation sites is 1. The molecule has 9 heteroatoms. The standard InChI is InChI=1S/C20H17F2N3O4/c21-19(22)29-16-5-2-1-4-13(16)12-23-20(27)25-15-9-7-14(8-10-15)24-18(26)17-6-3-11-28-17/h1-11,19H,12H2,(H,24,26)(H2,23,25,27). The van der Waals surface area contributed by atoms with Gasteiger partial charge in [-0.3, -0.25) is 4.79 Å². The van der Waals surface area contributed by atoms with Gasteiger partial charge >= 0.3 is 12.6 Å². The van der Waals surface area contributed by atoms with Crippen LogP contribution in [0.4, 0.5) is 25.0 Å². The zero-order chi connectivity index (χ0) is 20.6. The highest BCUT2D eigenvalue weighted by Gasteiger charge is 2.11. The summed E-state index contributed by atoms with van der Waals surface area (Å²) >= 11 is 0. The molecule has 0 spiro atoms. The molecular formula is C20H17F2N3O4. The summed E-state index contributed by atoms with van der Waals surface area (Å²) in [5.74, 6) is -0.208. The maximum absolute atomic E-state index is 12.4. The highest BCUT2D eigenvalue weighted by Crippen LogP contribution is 2.20. The zero-order valence-corrected chi connectivity index (χ0v) is 15.0. The quantitative estimate of drug-likeness (QED) is 0.545. The summed E-state index contributed by atoms with van der Waals surface area (Å²) in [5, 5.41) is 7.84. The molecule has 7 nitrogen and oxygen atoms in total. The SMILES string of the molecule is O=C(NCc1ccccc1OC(F)F)Nc1ccc(NC(=O)c2ccco2)cc1. The molecule has 3 aromatic rings. The van der Waals surface area contributed by atoms with E-state index in [9.17, 15) is 18.4 Å². The average Bonchev–Trinajstić information content (AvgIpc) is 3.23. The lowest BCUT2D eigenvalue weighted by molar-refractivity contribution is -0.0504. The van der Waals surface area contributed by atoms with Crippen LogP contribution in [0.2, 0.25) is 0 Å². The van der Waals surface area contributed by atoms with Gasteiger partial charge in [0.2, 0.25) is 0 Å². The Morgan fingerprint density at radius 1 is 0.931 bits per heavy atom. The van der Waals surface area contributed by atoms with Crippen LogP contribution in [0.25, 0.3) is 0 Å². The lowest BCUT2D eigenvalue weighted by atomic mass is 10.2. The number of ether oxygens (including phenoxy) is 1. The van der Waals surface area contributed by atoms with Gasteiger partial charge in [0, 0.05) is 23.5 Å². The molecule has 150 valence electrons. The molecule has 0 aliphatic carbocycles. The van der Waals surface area contributed by atoms with E-state index < -0.39 is 18.5 Å². The van der Waals surface area contributed by atoms with Crippen LogP contribution in [0.1, 0.15) is 16.1 Å². The van der Waals surface area contributed by atoms with Crippen LogP contribution >= 0.6 is 0 Å². The predicted octanol–water partition coefficient (Wildman–Crippen LogP) is 4.46. The molecular weight excluding hydrogens is 384 g/mol. The number of alkyl halides is 2. The summed E-state index contributed by atoms with van der Waals surface area (Å²) < 4.78 is 34.3. The van der Waals surface area contributed by atoms with Gasteiger partial charge in [-0.05, 0) is 42.5 Å². The highest BCUT2D eigenvalue weighted by atomic mass is 19.3. The van der Waals surface area contributed by atoms with Crippen LogP contribution in [-0.4, -0.2) is 18.5 Å². The van der Waals surface area contributed by atoms with Gasteiger partial charge in [0.15, 0.2) is 5.76 Å². The van der Waals surface area contributed by atoms with Crippen molar-refractivity contribution < 1.29 is 27.5 Å². The highest BCUT2D eigenvalue weighted by molar-refractivity contribution is 6.02. The van der Waals surface area contributed by atoms with Crippen LogP contribution in [0, 0.1) is 0 Å². The first kappa shape index (κ1) is 19.9. The Morgan fingerprint density at radius 2 is 1.62 bits per heavy atom. The van der Waals surface area contributed by atoms with Gasteiger partial charge in [0.1, 0.15) is 5.75 Å². The van der Waals surface area contributed by atoms with Crippen molar-refractivity contribution >= 4 is 23.3 Å². The van der Waals surface area contributed by atoms with Gasteiger partial charge in [-0.25, -0.2) is 4.79 Å². The number of carbonyl (C=O) groups is 2. The summed E-state index contributed by atoms with van der Waals surface area (Å²) in [6.07, 6.45) is 1.40. The smallest absolute Gasteiger partial charge is 0.387 e. The Balaban J connectivity index is 1.51. The van der Waals surface area contributed by atoms with E-state index in [1.54, 1.807) is 54.6 Å². The molecule has 0 bridgehead atoms. The van der Waals surface area contributed by atoms with Crippen LogP contribution in [0.3, 0.4) is 0 Å². The predicted molar refractivity (Wildman–Crippen MR) is 102 cm³/mol. The number of benzene rings is 2. The number of amides is 3. The Labute approximate surface area is 164 Å². The number of nitrogens with one attached hydrogen (secondary N) is 3. The largest absolute Gasteiger partial charge is 0.459 e. The van der Waals surface area contributed by atoms with E-state index in [0.29, 0.717) is 16.9 Å². The molecule has 0 fully saturated rings. The third-order valence-corrected chi connectivity index (χ3v) is 3.77. The maximum atomic E-state index is 12.4. The second-order valence-corrected chi connectivity index (χ2v) is 5.80. The van der Waals surface area contributed by atoms with Gasteiger partial charge in [-0.1, -0.05) is 18.2 Å². The number of carbonyl (C=O) groups excluding carboxylic acids is 2. The normalized spacial score (nSPS) is 10.4. The minimum absolute atomic E-state index is 0.000508. The maximum Gasteiger partial charge on any atom is 0.387 e. The molecule has 0 saturated heterocycles. The van der Waals surface area contributed by atoms with Gasteiger partial charge < -0.3 is 25.1 Å². The van der Waals surface area contributed by atoms with E-state index in [4.69, 9.17) is 4.42 Å². The first-order chi connectivity index (χ1) is 14.0. The minimum atomic E-state index is -2.95. The molecule has 0 aliphatic rings. The molecule has 0 aliphatic heterocycles. The van der Waals surface area contributed by atoms with Crippen molar-refractivity contribution in [1.29, 1.82) is 0 Å². The number of hydrogen-bond donors (Lipinski definition) is 3. The Bertz CT molecular complexity index is 960. The van der Waals surface area contributed by atoms with Gasteiger partial charge in [0.05, 0.1) is 6.26 Å². The lowest BCUT2D eigenvalue weighted by Crippen LogP contribution is -2.28. The topological polar surface area (TPSA) is 92.6 Å². The molecule has 0 atom stereocenters. The number of urea groups is 1. The van der Waals surface area contributed by atoms with E-state index in [1.807, 2.05) is 0 Å². The van der Waals surface area contributed by atoms with E-state index >= 15 is 0 Å². The van der Waals surface area contributed by atoms with Gasteiger partial charge in [0.25, 0.3) is 5.91 Å². The van der Waals surface area contributed by atoms with Gasteiger partial charge in [-0.2, -0.15) is 8.78 Å². The Hall–Kier alpha value is -3.88. The fraction of sp³-hybridized carbons (Fsp3) is 0.100. The number of anilines is 2. The summed E-state index contributed by atoms with van der Waals surface area (Å²) in [5.41, 5.74) is 1.42. The van der Waals surface area contributed by atoms with Crippen LogP contribution in [0.5, 0.6) is 5.75 Å². The lowest BCUT2D eigenvalue weighted by Gasteiger charge is -2.12. The summed E-state index contributed by atoms with van der Waals surface area (Å²) in [6.45, 7) is -2.94. The summed E-state index contributed by atoms with van der Waals surface area (Å²) in [6, 6.07) is 15.3. The average molecular weight is 401 g/mol. The van der Waals surface area contributed by atoms with Crippen molar-refractivity contribution in [2.24, 2.45) is 0 Å². The molecule has 29 heavy (non-hydrogen) atoms. The van der Waals surface area contributed by atoms with Crippen LogP contribution < -0.4 is 20.7 Å². The third-order valence-electron chi connectivity index (χ3n) is 3.77. The molecule has 0 saturated carbocycles. The van der Waals surface area contributed by atoms with Crippen molar-refractivity contribution in [3.05, 3.63) is 78.3 Å². The summed E-state index contributed by atoms with van der Waals surface area (Å²) in [7, 11) is 0. The zero-order valence-electron chi connectivity index (χ0n) is 15.0. The Kier molecular flexibility index (Phi) is 6.41. The fourth-order valence-corrected chi connectivity index (χ4v) is 2.45. The summed E-state index contributed by atoms with van der Waals surface area (Å²) in [4.78, 5) is 24.0. The molecule has 1 aromatic heterocycles. The number of halogens is 2.